The van der Waals surface area contributed by atoms with Gasteiger partial charge in [0.25, 0.3) is 0 Å². The largest absolute Gasteiger partial charge is 0.383 e. The second kappa shape index (κ2) is 11.2. The predicted molar refractivity (Wildman–Crippen MR) is 154 cm³/mol. The van der Waals surface area contributed by atoms with Crippen molar-refractivity contribution in [2.24, 2.45) is 0 Å². The predicted octanol–water partition coefficient (Wildman–Crippen LogP) is 3.55. The fraction of sp³-hybridized carbons (Fsp3) is 0.533. The van der Waals surface area contributed by atoms with Crippen LogP contribution in [0.4, 0.5) is 0 Å². The van der Waals surface area contributed by atoms with E-state index >= 15 is 0 Å². The summed E-state index contributed by atoms with van der Waals surface area (Å²) in [6, 6.07) is 15.6. The SMILES string of the molecule is CCN1NCC(S(=O)(=O)N2C/C=C\CN3C(COC)[C@@H](c4ccc(-c5cccc(C)c5C)cc4)C3C2)C1C. The molecular formula is C30H42N4O3S. The second-order valence-corrected chi connectivity index (χ2v) is 13.1. The van der Waals surface area contributed by atoms with Crippen molar-refractivity contribution in [2.75, 3.05) is 46.4 Å². The maximum Gasteiger partial charge on any atom is 0.220 e. The number of rotatable bonds is 7. The molecule has 8 heteroatoms. The van der Waals surface area contributed by atoms with Crippen molar-refractivity contribution < 1.29 is 13.2 Å². The lowest BCUT2D eigenvalue weighted by Crippen LogP contribution is -2.68. The van der Waals surface area contributed by atoms with Gasteiger partial charge in [0, 0.05) is 63.9 Å². The van der Waals surface area contributed by atoms with Gasteiger partial charge in [-0.15, -0.1) is 0 Å². The van der Waals surface area contributed by atoms with E-state index in [9.17, 15) is 8.42 Å². The average Bonchev–Trinajstić information content (AvgIpc) is 3.28. The molecule has 0 amide bonds. The van der Waals surface area contributed by atoms with Gasteiger partial charge in [0.15, 0.2) is 0 Å². The van der Waals surface area contributed by atoms with E-state index in [1.165, 1.54) is 27.8 Å². The van der Waals surface area contributed by atoms with Crippen LogP contribution in [-0.2, 0) is 14.8 Å². The summed E-state index contributed by atoms with van der Waals surface area (Å²) in [4.78, 5) is 2.42. The maximum absolute atomic E-state index is 13.9. The lowest BCUT2D eigenvalue weighted by Gasteiger charge is -2.56. The molecule has 5 atom stereocenters. The van der Waals surface area contributed by atoms with Crippen LogP contribution in [0.25, 0.3) is 11.1 Å². The summed E-state index contributed by atoms with van der Waals surface area (Å²) in [6.07, 6.45) is 4.13. The zero-order valence-electron chi connectivity index (χ0n) is 23.3. The molecule has 2 fully saturated rings. The molecule has 2 aromatic carbocycles. The first-order chi connectivity index (χ1) is 18.3. The third-order valence-corrected chi connectivity index (χ3v) is 11.4. The molecule has 38 heavy (non-hydrogen) atoms. The van der Waals surface area contributed by atoms with Crippen molar-refractivity contribution in [3.63, 3.8) is 0 Å². The van der Waals surface area contributed by atoms with Gasteiger partial charge in [-0.1, -0.05) is 61.5 Å². The number of fused-ring (bicyclic) bond motifs is 1. The van der Waals surface area contributed by atoms with E-state index < -0.39 is 15.3 Å². The molecular weight excluding hydrogens is 496 g/mol. The van der Waals surface area contributed by atoms with E-state index in [1.54, 1.807) is 11.4 Å². The van der Waals surface area contributed by atoms with Crippen LogP contribution in [0.2, 0.25) is 0 Å². The quantitative estimate of drug-likeness (QED) is 0.544. The first-order valence-corrected chi connectivity index (χ1v) is 15.3. The number of benzene rings is 2. The molecule has 0 saturated carbocycles. The molecule has 3 heterocycles. The first-order valence-electron chi connectivity index (χ1n) is 13.8. The molecule has 4 unspecified atom stereocenters. The summed E-state index contributed by atoms with van der Waals surface area (Å²) < 4.78 is 35.2. The molecule has 5 rings (SSSR count). The van der Waals surface area contributed by atoms with Gasteiger partial charge >= 0.3 is 0 Å². The summed E-state index contributed by atoms with van der Waals surface area (Å²) in [7, 11) is -1.73. The van der Waals surface area contributed by atoms with Crippen molar-refractivity contribution in [3.05, 3.63) is 71.3 Å². The number of aryl methyl sites for hydroxylation is 1. The standard InChI is InChI=1S/C30H42N4O3S/c1-6-34-23(4)29(18-31-34)38(35,36)32-16-7-8-17-33-27(19-32)30(28(33)20-37-5)25-14-12-24(13-15-25)26-11-9-10-21(2)22(26)3/h7-15,23,27-31H,6,16-20H2,1-5H3/b8-7-/t23?,27?,28?,29?,30-/m0/s1. The number of methoxy groups -OCH3 is 1. The fourth-order valence-corrected chi connectivity index (χ4v) is 8.58. The number of nitrogens with one attached hydrogen (secondary N) is 1. The number of nitrogens with zero attached hydrogens (tertiary/aromatic N) is 3. The molecule has 2 saturated heterocycles. The van der Waals surface area contributed by atoms with E-state index in [2.05, 4.69) is 79.6 Å². The van der Waals surface area contributed by atoms with Gasteiger partial charge in [-0.25, -0.2) is 13.4 Å². The third-order valence-electron chi connectivity index (χ3n) is 9.02. The minimum absolute atomic E-state index is 0.0634. The van der Waals surface area contributed by atoms with E-state index in [1.807, 2.05) is 18.0 Å². The molecule has 1 N–H and O–H groups in total. The Morgan fingerprint density at radius 1 is 1.05 bits per heavy atom. The Labute approximate surface area is 228 Å². The average molecular weight is 539 g/mol. The van der Waals surface area contributed by atoms with E-state index in [0.29, 0.717) is 26.2 Å². The first kappa shape index (κ1) is 27.5. The fourth-order valence-electron chi connectivity index (χ4n) is 6.61. The van der Waals surface area contributed by atoms with Gasteiger partial charge in [-0.2, -0.15) is 4.31 Å². The van der Waals surface area contributed by atoms with Gasteiger partial charge in [-0.05, 0) is 48.6 Å². The normalized spacial score (nSPS) is 29.9. The van der Waals surface area contributed by atoms with Crippen molar-refractivity contribution in [2.45, 2.75) is 57.0 Å². The maximum atomic E-state index is 13.9. The molecule has 3 aliphatic rings. The van der Waals surface area contributed by atoms with Crippen LogP contribution in [0, 0.1) is 13.8 Å². The molecule has 3 aliphatic heterocycles. The third kappa shape index (κ3) is 4.87. The van der Waals surface area contributed by atoms with Crippen LogP contribution in [0.1, 0.15) is 36.5 Å². The van der Waals surface area contributed by atoms with Crippen molar-refractivity contribution >= 4 is 10.0 Å². The highest BCUT2D eigenvalue weighted by Crippen LogP contribution is 2.43. The van der Waals surface area contributed by atoms with Crippen molar-refractivity contribution in [1.82, 2.24) is 19.6 Å². The highest BCUT2D eigenvalue weighted by molar-refractivity contribution is 7.89. The lowest BCUT2D eigenvalue weighted by atomic mass is 9.74. The van der Waals surface area contributed by atoms with Gasteiger partial charge in [0.2, 0.25) is 10.0 Å². The number of ether oxygens (including phenoxy) is 1. The minimum atomic E-state index is -3.48. The zero-order valence-corrected chi connectivity index (χ0v) is 24.1. The van der Waals surface area contributed by atoms with Crippen molar-refractivity contribution in [1.29, 1.82) is 0 Å². The smallest absolute Gasteiger partial charge is 0.220 e. The molecule has 0 aromatic heterocycles. The number of hydrazine groups is 1. The molecule has 0 aliphatic carbocycles. The van der Waals surface area contributed by atoms with Crippen LogP contribution >= 0.6 is 0 Å². The van der Waals surface area contributed by atoms with E-state index in [-0.39, 0.29) is 24.0 Å². The topological polar surface area (TPSA) is 65.1 Å². The van der Waals surface area contributed by atoms with Crippen molar-refractivity contribution in [3.8, 4) is 11.1 Å². The van der Waals surface area contributed by atoms with Gasteiger partial charge in [0.05, 0.1) is 6.61 Å². The zero-order chi connectivity index (χ0) is 27.0. The Bertz CT molecular complexity index is 1260. The second-order valence-electron chi connectivity index (χ2n) is 10.9. The monoisotopic (exact) mass is 538 g/mol. The highest BCUT2D eigenvalue weighted by atomic mass is 32.2. The number of sulfonamides is 1. The van der Waals surface area contributed by atoms with E-state index in [0.717, 1.165) is 13.1 Å². The number of hydrogen-bond donors (Lipinski definition) is 1. The molecule has 0 bridgehead atoms. The Kier molecular flexibility index (Phi) is 8.10. The molecule has 0 spiro atoms. The minimum Gasteiger partial charge on any atom is -0.383 e. The highest BCUT2D eigenvalue weighted by Gasteiger charge is 2.51. The summed E-state index contributed by atoms with van der Waals surface area (Å²) in [5.74, 6) is 0.207. The van der Waals surface area contributed by atoms with Gasteiger partial charge in [-0.3, -0.25) is 10.3 Å². The Balaban J connectivity index is 1.42. The van der Waals surface area contributed by atoms with Crippen LogP contribution < -0.4 is 5.43 Å². The molecule has 0 radical (unpaired) electrons. The van der Waals surface area contributed by atoms with Gasteiger partial charge in [0.1, 0.15) is 5.25 Å². The van der Waals surface area contributed by atoms with E-state index in [4.69, 9.17) is 4.74 Å². The Morgan fingerprint density at radius 2 is 1.79 bits per heavy atom. The lowest BCUT2D eigenvalue weighted by molar-refractivity contribution is -0.0508. The summed E-state index contributed by atoms with van der Waals surface area (Å²) in [5.41, 5.74) is 9.59. The Morgan fingerprint density at radius 3 is 2.47 bits per heavy atom. The number of hydrogen-bond acceptors (Lipinski definition) is 6. The van der Waals surface area contributed by atoms with Crippen LogP contribution in [0.15, 0.2) is 54.6 Å². The summed E-state index contributed by atoms with van der Waals surface area (Å²) in [6.45, 7) is 12.0. The Hall–Kier alpha value is -2.07. The van der Waals surface area contributed by atoms with Crippen LogP contribution in [0.5, 0.6) is 0 Å². The van der Waals surface area contributed by atoms with Gasteiger partial charge < -0.3 is 4.74 Å². The summed E-state index contributed by atoms with van der Waals surface area (Å²) >= 11 is 0. The molecule has 7 nitrogen and oxygen atoms in total. The summed E-state index contributed by atoms with van der Waals surface area (Å²) in [5, 5.41) is 1.58. The van der Waals surface area contributed by atoms with Crippen LogP contribution in [-0.4, -0.2) is 92.4 Å². The van der Waals surface area contributed by atoms with Crippen LogP contribution in [0.3, 0.4) is 0 Å². The molecule has 2 aromatic rings. The molecule has 206 valence electrons.